The number of nitrogens with two attached hydrogens (primary N) is 1. The molecule has 2 N–H and O–H groups in total. The molecule has 0 aromatic heterocycles. The van der Waals surface area contributed by atoms with Crippen LogP contribution in [0.25, 0.3) is 0 Å². The highest BCUT2D eigenvalue weighted by Gasteiger charge is 2.31. The van der Waals surface area contributed by atoms with E-state index in [0.717, 1.165) is 11.1 Å². The molecule has 23 heavy (non-hydrogen) atoms. The second kappa shape index (κ2) is 5.91. The van der Waals surface area contributed by atoms with Gasteiger partial charge in [0.15, 0.2) is 0 Å². The largest absolute Gasteiger partial charge is 0.627 e. The SMILES string of the molecule is CC1C[N+](C)([O-])c2ccc(N)c(Br)c2C(c2ccccc2Cl)=N1. The van der Waals surface area contributed by atoms with Crippen LogP contribution in [0.1, 0.15) is 18.1 Å². The lowest BCUT2D eigenvalue weighted by Gasteiger charge is -2.39. The Hall–Kier alpha value is -1.40. The number of quaternary nitrogens is 1. The maximum atomic E-state index is 13.1. The van der Waals surface area contributed by atoms with Crippen molar-refractivity contribution in [3.63, 3.8) is 0 Å². The van der Waals surface area contributed by atoms with Gasteiger partial charge in [0, 0.05) is 22.3 Å². The summed E-state index contributed by atoms with van der Waals surface area (Å²) in [7, 11) is 1.64. The number of nitrogens with zero attached hydrogens (tertiary/aromatic N) is 2. The van der Waals surface area contributed by atoms with E-state index in [9.17, 15) is 5.21 Å². The quantitative estimate of drug-likeness (QED) is 0.444. The average molecular weight is 395 g/mol. The van der Waals surface area contributed by atoms with Gasteiger partial charge in [-0.2, -0.15) is 0 Å². The van der Waals surface area contributed by atoms with Gasteiger partial charge in [-0.05, 0) is 35.0 Å². The lowest BCUT2D eigenvalue weighted by atomic mass is 9.99. The molecule has 2 atom stereocenters. The summed E-state index contributed by atoms with van der Waals surface area (Å²) in [6.45, 7) is 2.30. The molecule has 2 aromatic carbocycles. The number of fused-ring (bicyclic) bond motifs is 1. The number of likely N-dealkylation sites (N-methyl/N-ethyl adjacent to an activating group) is 1. The molecule has 0 aliphatic carbocycles. The first-order valence-electron chi connectivity index (χ1n) is 7.29. The van der Waals surface area contributed by atoms with E-state index in [4.69, 9.17) is 22.3 Å². The molecule has 0 bridgehead atoms. The van der Waals surface area contributed by atoms with Gasteiger partial charge < -0.3 is 15.6 Å². The van der Waals surface area contributed by atoms with E-state index in [1.807, 2.05) is 31.2 Å². The van der Waals surface area contributed by atoms with E-state index in [0.29, 0.717) is 33.1 Å². The van der Waals surface area contributed by atoms with E-state index in [1.165, 1.54) is 0 Å². The van der Waals surface area contributed by atoms with Crippen LogP contribution >= 0.6 is 27.5 Å². The van der Waals surface area contributed by atoms with E-state index < -0.39 is 4.65 Å². The van der Waals surface area contributed by atoms with Gasteiger partial charge in [0.25, 0.3) is 0 Å². The van der Waals surface area contributed by atoms with Crippen LogP contribution in [-0.4, -0.2) is 25.3 Å². The van der Waals surface area contributed by atoms with Crippen LogP contribution < -0.4 is 10.4 Å². The van der Waals surface area contributed by atoms with Gasteiger partial charge in [-0.1, -0.05) is 29.8 Å². The zero-order valence-electron chi connectivity index (χ0n) is 12.9. The van der Waals surface area contributed by atoms with Crippen molar-refractivity contribution >= 4 is 44.6 Å². The van der Waals surface area contributed by atoms with Crippen molar-refractivity contribution in [3.05, 3.63) is 62.2 Å². The second-order valence-corrected chi connectivity index (χ2v) is 7.15. The van der Waals surface area contributed by atoms with Crippen molar-refractivity contribution in [1.82, 2.24) is 4.65 Å². The van der Waals surface area contributed by atoms with E-state index in [2.05, 4.69) is 15.9 Å². The molecule has 0 amide bonds. The number of hydrogen-bond donors (Lipinski definition) is 1. The molecule has 120 valence electrons. The first-order chi connectivity index (χ1) is 10.8. The van der Waals surface area contributed by atoms with Crippen LogP contribution in [0, 0.1) is 5.21 Å². The summed E-state index contributed by atoms with van der Waals surface area (Å²) in [5.41, 5.74) is 9.48. The average Bonchev–Trinajstić information content (AvgIpc) is 2.57. The number of benzodiazepines with no additional fused rings is 1. The smallest absolute Gasteiger partial charge is 0.143 e. The summed E-state index contributed by atoms with van der Waals surface area (Å²) in [4.78, 5) is 4.78. The minimum atomic E-state index is -0.507. The number of benzene rings is 2. The molecule has 0 radical (unpaired) electrons. The molecular weight excluding hydrogens is 378 g/mol. The van der Waals surface area contributed by atoms with Crippen LogP contribution in [0.5, 0.6) is 0 Å². The Morgan fingerprint density at radius 2 is 2.00 bits per heavy atom. The molecule has 4 nitrogen and oxygen atoms in total. The number of nitrogen functional groups attached to an aromatic ring is 1. The van der Waals surface area contributed by atoms with Crippen LogP contribution in [0.2, 0.25) is 5.02 Å². The number of rotatable bonds is 1. The number of aliphatic imine (C=N–C) groups is 1. The van der Waals surface area contributed by atoms with Gasteiger partial charge in [0.1, 0.15) is 12.2 Å². The maximum Gasteiger partial charge on any atom is 0.143 e. The molecule has 0 spiro atoms. The van der Waals surface area contributed by atoms with Gasteiger partial charge in [-0.3, -0.25) is 4.99 Å². The Kier molecular flexibility index (Phi) is 4.23. The van der Waals surface area contributed by atoms with Crippen molar-refractivity contribution < 1.29 is 0 Å². The Balaban J connectivity index is 2.36. The van der Waals surface area contributed by atoms with Crippen LogP contribution in [0.4, 0.5) is 11.4 Å². The van der Waals surface area contributed by atoms with Gasteiger partial charge in [-0.25, -0.2) is 0 Å². The van der Waals surface area contributed by atoms with Gasteiger partial charge in [-0.15, -0.1) is 0 Å². The minimum absolute atomic E-state index is 0.135. The Morgan fingerprint density at radius 1 is 1.30 bits per heavy atom. The number of hydrogen-bond acceptors (Lipinski definition) is 3. The standard InChI is InChI=1S/C17H17BrClN3O/c1-10-9-22(2,23)14-8-7-13(20)16(18)15(14)17(21-10)11-5-3-4-6-12(11)19/h3-8,10H,9,20H2,1-2H3. The molecule has 6 heteroatoms. The third-order valence-electron chi connectivity index (χ3n) is 3.99. The van der Waals surface area contributed by atoms with E-state index in [1.54, 1.807) is 19.2 Å². The highest BCUT2D eigenvalue weighted by Crippen LogP contribution is 2.39. The topological polar surface area (TPSA) is 61.4 Å². The van der Waals surface area contributed by atoms with Crippen LogP contribution in [-0.2, 0) is 0 Å². The first kappa shape index (κ1) is 16.5. The molecule has 3 rings (SSSR count). The molecule has 0 fully saturated rings. The van der Waals surface area contributed by atoms with Gasteiger partial charge in [0.05, 0.1) is 28.8 Å². The van der Waals surface area contributed by atoms with Crippen molar-refractivity contribution in [1.29, 1.82) is 0 Å². The fourth-order valence-electron chi connectivity index (χ4n) is 2.99. The maximum absolute atomic E-state index is 13.1. The lowest BCUT2D eigenvalue weighted by Crippen LogP contribution is -2.43. The molecule has 2 unspecified atom stereocenters. The summed E-state index contributed by atoms with van der Waals surface area (Å²) >= 11 is 9.91. The molecular formula is C17H17BrClN3O. The highest BCUT2D eigenvalue weighted by molar-refractivity contribution is 9.10. The number of hydroxylamine groups is 2. The molecule has 1 aliphatic heterocycles. The zero-order valence-corrected chi connectivity index (χ0v) is 15.2. The minimum Gasteiger partial charge on any atom is -0.627 e. The monoisotopic (exact) mass is 393 g/mol. The fourth-order valence-corrected chi connectivity index (χ4v) is 3.74. The van der Waals surface area contributed by atoms with Crippen molar-refractivity contribution in [2.75, 3.05) is 19.3 Å². The van der Waals surface area contributed by atoms with Crippen LogP contribution in [0.15, 0.2) is 45.9 Å². The third kappa shape index (κ3) is 2.90. The normalized spacial score (nSPS) is 23.9. The summed E-state index contributed by atoms with van der Waals surface area (Å²) in [5, 5.41) is 13.7. The highest BCUT2D eigenvalue weighted by atomic mass is 79.9. The summed E-state index contributed by atoms with van der Waals surface area (Å²) in [6, 6.07) is 10.9. The van der Waals surface area contributed by atoms with Gasteiger partial charge in [0.2, 0.25) is 0 Å². The zero-order chi connectivity index (χ0) is 16.8. The van der Waals surface area contributed by atoms with Crippen molar-refractivity contribution in [3.8, 4) is 0 Å². The fraction of sp³-hybridized carbons (Fsp3) is 0.235. The Labute approximate surface area is 148 Å². The first-order valence-corrected chi connectivity index (χ1v) is 8.46. The Morgan fingerprint density at radius 3 is 2.70 bits per heavy atom. The number of anilines is 1. The predicted molar refractivity (Wildman–Crippen MR) is 101 cm³/mol. The van der Waals surface area contributed by atoms with E-state index in [-0.39, 0.29) is 6.04 Å². The predicted octanol–water partition coefficient (Wildman–Crippen LogP) is 4.36. The van der Waals surface area contributed by atoms with Crippen LogP contribution in [0.3, 0.4) is 0 Å². The second-order valence-electron chi connectivity index (χ2n) is 5.95. The molecule has 1 aliphatic rings. The van der Waals surface area contributed by atoms with Crippen molar-refractivity contribution in [2.45, 2.75) is 13.0 Å². The summed E-state index contributed by atoms with van der Waals surface area (Å²) < 4.78 is 0.176. The third-order valence-corrected chi connectivity index (χ3v) is 5.17. The van der Waals surface area contributed by atoms with E-state index >= 15 is 0 Å². The van der Waals surface area contributed by atoms with Crippen molar-refractivity contribution in [2.24, 2.45) is 4.99 Å². The Bertz CT molecular complexity index is 804. The van der Waals surface area contributed by atoms with Gasteiger partial charge >= 0.3 is 0 Å². The molecule has 2 aromatic rings. The lowest BCUT2D eigenvalue weighted by molar-refractivity contribution is 0.419. The molecule has 0 saturated carbocycles. The summed E-state index contributed by atoms with van der Waals surface area (Å²) in [5.74, 6) is 0. The number of halogens is 2. The molecule has 1 heterocycles. The molecule has 0 saturated heterocycles. The summed E-state index contributed by atoms with van der Waals surface area (Å²) in [6.07, 6.45) is 0.